The van der Waals surface area contributed by atoms with Crippen LogP contribution < -0.4 is 4.90 Å². The first-order valence-corrected chi connectivity index (χ1v) is 5.16. The highest BCUT2D eigenvalue weighted by molar-refractivity contribution is 5.41. The Hall–Kier alpha value is -1.12. The second-order valence-electron chi connectivity index (χ2n) is 4.59. The molecule has 1 aliphatic heterocycles. The van der Waals surface area contributed by atoms with E-state index in [0.29, 0.717) is 0 Å². The van der Waals surface area contributed by atoms with Crippen LogP contribution in [0.25, 0.3) is 0 Å². The number of rotatable bonds is 1. The number of anilines is 1. The van der Waals surface area contributed by atoms with Crippen LogP contribution in [-0.2, 0) is 0 Å². The Kier molecular flexibility index (Phi) is 2.17. The maximum atomic E-state index is 4.51. The molecule has 3 nitrogen and oxygen atoms in total. The third kappa shape index (κ3) is 1.59. The van der Waals surface area contributed by atoms with Gasteiger partial charge in [-0.05, 0) is 33.6 Å². The van der Waals surface area contributed by atoms with E-state index in [0.717, 1.165) is 18.1 Å². The summed E-state index contributed by atoms with van der Waals surface area (Å²) in [7, 11) is 0. The highest BCUT2D eigenvalue weighted by Gasteiger charge is 2.32. The number of hydrogen-bond donors (Lipinski definition) is 0. The standard InChI is InChI=1S/C11H17N3/c1-9-7-12-8-10(13-9)14-6-4-5-11(14,2)3/h7-8H,4-6H2,1-3H3. The van der Waals surface area contributed by atoms with Crippen molar-refractivity contribution in [1.29, 1.82) is 0 Å². The van der Waals surface area contributed by atoms with Gasteiger partial charge in [-0.25, -0.2) is 4.98 Å². The average molecular weight is 191 g/mol. The van der Waals surface area contributed by atoms with Crippen molar-refractivity contribution in [3.05, 3.63) is 18.1 Å². The fourth-order valence-electron chi connectivity index (χ4n) is 2.11. The quantitative estimate of drug-likeness (QED) is 0.681. The molecule has 1 fully saturated rings. The van der Waals surface area contributed by atoms with Crippen LogP contribution in [0.2, 0.25) is 0 Å². The second kappa shape index (κ2) is 3.23. The minimum absolute atomic E-state index is 0.239. The molecule has 2 rings (SSSR count). The lowest BCUT2D eigenvalue weighted by atomic mass is 10.0. The molecule has 3 heteroatoms. The molecule has 0 radical (unpaired) electrons. The predicted molar refractivity (Wildman–Crippen MR) is 57.4 cm³/mol. The fourth-order valence-corrected chi connectivity index (χ4v) is 2.11. The number of nitrogens with zero attached hydrogens (tertiary/aromatic N) is 3. The van der Waals surface area contributed by atoms with E-state index in [1.54, 1.807) is 6.20 Å². The Bertz CT molecular complexity index is 333. The van der Waals surface area contributed by atoms with E-state index in [-0.39, 0.29) is 5.54 Å². The maximum Gasteiger partial charge on any atom is 0.147 e. The molecule has 0 amide bonds. The summed E-state index contributed by atoms with van der Waals surface area (Å²) in [5.74, 6) is 1.02. The molecule has 0 unspecified atom stereocenters. The van der Waals surface area contributed by atoms with E-state index in [1.165, 1.54) is 12.8 Å². The van der Waals surface area contributed by atoms with Gasteiger partial charge in [0.2, 0.25) is 0 Å². The van der Waals surface area contributed by atoms with Gasteiger partial charge in [0.1, 0.15) is 5.82 Å². The highest BCUT2D eigenvalue weighted by atomic mass is 15.3. The summed E-state index contributed by atoms with van der Waals surface area (Å²) in [5, 5.41) is 0. The topological polar surface area (TPSA) is 29.0 Å². The highest BCUT2D eigenvalue weighted by Crippen LogP contribution is 2.31. The van der Waals surface area contributed by atoms with Crippen LogP contribution >= 0.6 is 0 Å². The Morgan fingerprint density at radius 1 is 1.36 bits per heavy atom. The molecule has 0 bridgehead atoms. The molecule has 1 aromatic heterocycles. The minimum Gasteiger partial charge on any atom is -0.350 e. The van der Waals surface area contributed by atoms with Crippen LogP contribution in [0, 0.1) is 6.92 Å². The molecule has 0 saturated carbocycles. The Morgan fingerprint density at radius 3 is 2.71 bits per heavy atom. The molecule has 0 aromatic carbocycles. The van der Waals surface area contributed by atoms with Gasteiger partial charge in [0.15, 0.2) is 0 Å². The van der Waals surface area contributed by atoms with Gasteiger partial charge in [-0.2, -0.15) is 0 Å². The van der Waals surface area contributed by atoms with E-state index in [2.05, 4.69) is 28.7 Å². The molecule has 14 heavy (non-hydrogen) atoms. The Balaban J connectivity index is 2.31. The first kappa shape index (κ1) is 9.44. The molecule has 0 N–H and O–H groups in total. The van der Waals surface area contributed by atoms with Gasteiger partial charge in [-0.1, -0.05) is 0 Å². The monoisotopic (exact) mass is 191 g/mol. The summed E-state index contributed by atoms with van der Waals surface area (Å²) in [6.07, 6.45) is 6.15. The lowest BCUT2D eigenvalue weighted by molar-refractivity contribution is 0.513. The van der Waals surface area contributed by atoms with E-state index in [1.807, 2.05) is 13.1 Å². The average Bonchev–Trinajstić information content (AvgIpc) is 2.45. The molecular weight excluding hydrogens is 174 g/mol. The van der Waals surface area contributed by atoms with Crippen molar-refractivity contribution in [1.82, 2.24) is 9.97 Å². The largest absolute Gasteiger partial charge is 0.350 e. The predicted octanol–water partition coefficient (Wildman–Crippen LogP) is 2.16. The van der Waals surface area contributed by atoms with Crippen molar-refractivity contribution in [3.63, 3.8) is 0 Å². The summed E-state index contributed by atoms with van der Waals surface area (Å²) in [5.41, 5.74) is 1.23. The lowest BCUT2D eigenvalue weighted by Gasteiger charge is -2.32. The van der Waals surface area contributed by atoms with Gasteiger partial charge >= 0.3 is 0 Å². The van der Waals surface area contributed by atoms with Crippen LogP contribution in [-0.4, -0.2) is 22.1 Å². The summed E-state index contributed by atoms with van der Waals surface area (Å²) in [6.45, 7) is 7.62. The van der Waals surface area contributed by atoms with Crippen LogP contribution in [0.15, 0.2) is 12.4 Å². The van der Waals surface area contributed by atoms with Crippen molar-refractivity contribution in [3.8, 4) is 0 Å². The SMILES string of the molecule is Cc1cncc(N2CCCC2(C)C)n1. The van der Waals surface area contributed by atoms with E-state index < -0.39 is 0 Å². The number of aryl methyl sites for hydroxylation is 1. The van der Waals surface area contributed by atoms with Gasteiger partial charge in [-0.3, -0.25) is 4.98 Å². The van der Waals surface area contributed by atoms with Crippen molar-refractivity contribution >= 4 is 5.82 Å². The lowest BCUT2D eigenvalue weighted by Crippen LogP contribution is -2.38. The van der Waals surface area contributed by atoms with Crippen LogP contribution in [0.4, 0.5) is 5.82 Å². The Labute approximate surface area is 85.2 Å². The van der Waals surface area contributed by atoms with E-state index in [4.69, 9.17) is 0 Å². The van der Waals surface area contributed by atoms with Crippen molar-refractivity contribution in [2.24, 2.45) is 0 Å². The van der Waals surface area contributed by atoms with Gasteiger partial charge in [-0.15, -0.1) is 0 Å². The molecule has 76 valence electrons. The molecule has 0 spiro atoms. The molecule has 2 heterocycles. The molecule has 1 aromatic rings. The summed E-state index contributed by atoms with van der Waals surface area (Å²) in [4.78, 5) is 11.1. The van der Waals surface area contributed by atoms with E-state index in [9.17, 15) is 0 Å². The first-order chi connectivity index (χ1) is 6.59. The third-order valence-electron chi connectivity index (χ3n) is 2.92. The van der Waals surface area contributed by atoms with Crippen LogP contribution in [0.5, 0.6) is 0 Å². The number of hydrogen-bond acceptors (Lipinski definition) is 3. The zero-order valence-electron chi connectivity index (χ0n) is 9.12. The van der Waals surface area contributed by atoms with Crippen molar-refractivity contribution in [2.45, 2.75) is 39.2 Å². The zero-order chi connectivity index (χ0) is 10.2. The van der Waals surface area contributed by atoms with Gasteiger partial charge in [0.25, 0.3) is 0 Å². The summed E-state index contributed by atoms with van der Waals surface area (Å²) < 4.78 is 0. The van der Waals surface area contributed by atoms with Gasteiger partial charge in [0, 0.05) is 18.3 Å². The molecule has 1 aliphatic rings. The smallest absolute Gasteiger partial charge is 0.147 e. The van der Waals surface area contributed by atoms with Gasteiger partial charge < -0.3 is 4.90 Å². The Morgan fingerprint density at radius 2 is 2.14 bits per heavy atom. The normalized spacial score (nSPS) is 20.1. The molecule has 0 aliphatic carbocycles. The van der Waals surface area contributed by atoms with Crippen LogP contribution in [0.3, 0.4) is 0 Å². The molecular formula is C11H17N3. The van der Waals surface area contributed by atoms with Crippen molar-refractivity contribution in [2.75, 3.05) is 11.4 Å². The van der Waals surface area contributed by atoms with Gasteiger partial charge in [0.05, 0.1) is 11.9 Å². The fraction of sp³-hybridized carbons (Fsp3) is 0.636. The minimum atomic E-state index is 0.239. The summed E-state index contributed by atoms with van der Waals surface area (Å²) >= 11 is 0. The maximum absolute atomic E-state index is 4.51. The number of aromatic nitrogens is 2. The molecule has 1 saturated heterocycles. The summed E-state index contributed by atoms with van der Waals surface area (Å²) in [6, 6.07) is 0. The first-order valence-electron chi connectivity index (χ1n) is 5.16. The van der Waals surface area contributed by atoms with Crippen molar-refractivity contribution < 1.29 is 0 Å². The zero-order valence-corrected chi connectivity index (χ0v) is 9.12. The third-order valence-corrected chi connectivity index (χ3v) is 2.92. The second-order valence-corrected chi connectivity index (χ2v) is 4.59. The van der Waals surface area contributed by atoms with Crippen LogP contribution in [0.1, 0.15) is 32.4 Å². The van der Waals surface area contributed by atoms with E-state index >= 15 is 0 Å². The molecule has 0 atom stereocenters.